The van der Waals surface area contributed by atoms with Gasteiger partial charge in [-0.05, 0) is 49.1 Å². The van der Waals surface area contributed by atoms with Crippen molar-refractivity contribution in [1.82, 2.24) is 5.32 Å². The molecule has 33 heavy (non-hydrogen) atoms. The summed E-state index contributed by atoms with van der Waals surface area (Å²) in [7, 11) is 0. The van der Waals surface area contributed by atoms with E-state index in [4.69, 9.17) is 15.6 Å². The number of ether oxygens (including phenoxy) is 1. The van der Waals surface area contributed by atoms with Gasteiger partial charge in [0.2, 0.25) is 5.91 Å². The van der Waals surface area contributed by atoms with Crippen LogP contribution in [0.1, 0.15) is 36.8 Å². The summed E-state index contributed by atoms with van der Waals surface area (Å²) in [5, 5.41) is 15.0. The number of halogens is 3. The third-order valence-electron chi connectivity index (χ3n) is 6.03. The zero-order chi connectivity index (χ0) is 24.0. The van der Waals surface area contributed by atoms with E-state index in [2.05, 4.69) is 10.6 Å². The highest BCUT2D eigenvalue weighted by atomic mass is 19.2. The van der Waals surface area contributed by atoms with Crippen molar-refractivity contribution < 1.29 is 27.8 Å². The molecule has 0 aliphatic carbocycles. The first-order chi connectivity index (χ1) is 15.8. The Kier molecular flexibility index (Phi) is 8.85. The van der Waals surface area contributed by atoms with E-state index in [-0.39, 0.29) is 18.8 Å². The number of nitrogens with one attached hydrogen (secondary N) is 2. The smallest absolute Gasteiger partial charge is 0.241 e. The molecule has 0 aromatic heterocycles. The second-order valence-electron chi connectivity index (χ2n) is 8.25. The number of aliphatic hydroxyl groups is 1. The first-order valence-electron chi connectivity index (χ1n) is 11.1. The molecule has 4 atom stereocenters. The Morgan fingerprint density at radius 3 is 2.67 bits per heavy atom. The minimum atomic E-state index is -1.04. The molecule has 1 aliphatic rings. The Hall–Kier alpha value is -2.46. The number of benzene rings is 2. The van der Waals surface area contributed by atoms with Gasteiger partial charge in [0.1, 0.15) is 5.82 Å². The van der Waals surface area contributed by atoms with E-state index in [9.17, 15) is 18.0 Å². The molecule has 1 heterocycles. The molecule has 1 fully saturated rings. The number of anilines is 1. The van der Waals surface area contributed by atoms with Crippen LogP contribution in [0.3, 0.4) is 0 Å². The molecule has 3 rings (SSSR count). The monoisotopic (exact) mass is 465 g/mol. The van der Waals surface area contributed by atoms with Gasteiger partial charge in [0.15, 0.2) is 11.6 Å². The molecule has 2 aromatic rings. The summed E-state index contributed by atoms with van der Waals surface area (Å²) in [6.45, 7) is 2.70. The highest BCUT2D eigenvalue weighted by Gasteiger charge is 2.27. The zero-order valence-corrected chi connectivity index (χ0v) is 18.5. The van der Waals surface area contributed by atoms with Crippen LogP contribution in [0.4, 0.5) is 18.9 Å². The molecule has 1 saturated heterocycles. The van der Waals surface area contributed by atoms with Gasteiger partial charge in [0.25, 0.3) is 0 Å². The van der Waals surface area contributed by atoms with E-state index in [0.29, 0.717) is 49.2 Å². The van der Waals surface area contributed by atoms with Crippen LogP contribution in [0.2, 0.25) is 0 Å². The van der Waals surface area contributed by atoms with E-state index in [0.717, 1.165) is 12.1 Å². The molecule has 0 spiro atoms. The summed E-state index contributed by atoms with van der Waals surface area (Å²) in [5.41, 5.74) is 7.24. The molecule has 180 valence electrons. The SMILES string of the molecule is CCC(c1ccc(F)c(F)c1)C(N)C(=O)Nc1cccc(F)c1CCC1CNC(CO)CO1. The van der Waals surface area contributed by atoms with Gasteiger partial charge < -0.3 is 26.2 Å². The van der Waals surface area contributed by atoms with Gasteiger partial charge in [-0.15, -0.1) is 0 Å². The summed E-state index contributed by atoms with van der Waals surface area (Å²) < 4.78 is 47.3. The average Bonchev–Trinajstić information content (AvgIpc) is 2.81. The second-order valence-corrected chi connectivity index (χ2v) is 8.25. The first-order valence-corrected chi connectivity index (χ1v) is 11.1. The predicted molar refractivity (Wildman–Crippen MR) is 119 cm³/mol. The van der Waals surface area contributed by atoms with Crippen molar-refractivity contribution in [2.75, 3.05) is 25.1 Å². The fraction of sp³-hybridized carbons (Fsp3) is 0.458. The van der Waals surface area contributed by atoms with Crippen LogP contribution >= 0.6 is 0 Å². The van der Waals surface area contributed by atoms with E-state index in [1.165, 1.54) is 18.2 Å². The van der Waals surface area contributed by atoms with E-state index < -0.39 is 35.3 Å². The van der Waals surface area contributed by atoms with Gasteiger partial charge in [0, 0.05) is 23.7 Å². The lowest BCUT2D eigenvalue weighted by Crippen LogP contribution is -2.48. The van der Waals surface area contributed by atoms with Gasteiger partial charge in [-0.2, -0.15) is 0 Å². The molecule has 0 saturated carbocycles. The summed E-state index contributed by atoms with van der Waals surface area (Å²) in [6, 6.07) is 6.73. The lowest BCUT2D eigenvalue weighted by atomic mass is 9.89. The van der Waals surface area contributed by atoms with Crippen molar-refractivity contribution in [2.24, 2.45) is 5.73 Å². The number of amides is 1. The number of morpholine rings is 1. The molecule has 4 unspecified atom stereocenters. The molecule has 0 bridgehead atoms. The van der Waals surface area contributed by atoms with Crippen LogP contribution in [0.5, 0.6) is 0 Å². The number of carbonyl (C=O) groups is 1. The fourth-order valence-corrected chi connectivity index (χ4v) is 4.04. The highest BCUT2D eigenvalue weighted by Crippen LogP contribution is 2.27. The number of hydrogen-bond donors (Lipinski definition) is 4. The number of rotatable bonds is 9. The largest absolute Gasteiger partial charge is 0.395 e. The number of aliphatic hydroxyl groups excluding tert-OH is 1. The van der Waals surface area contributed by atoms with Crippen LogP contribution in [-0.2, 0) is 16.0 Å². The molecule has 0 radical (unpaired) electrons. The second kappa shape index (κ2) is 11.6. The van der Waals surface area contributed by atoms with Gasteiger partial charge in [-0.3, -0.25) is 4.79 Å². The molecular formula is C24H30F3N3O3. The van der Waals surface area contributed by atoms with Gasteiger partial charge in [0.05, 0.1) is 31.4 Å². The third-order valence-corrected chi connectivity index (χ3v) is 6.03. The van der Waals surface area contributed by atoms with Crippen molar-refractivity contribution >= 4 is 11.6 Å². The van der Waals surface area contributed by atoms with Crippen LogP contribution in [0.15, 0.2) is 36.4 Å². The summed E-state index contributed by atoms with van der Waals surface area (Å²) in [4.78, 5) is 12.9. The highest BCUT2D eigenvalue weighted by molar-refractivity contribution is 5.96. The minimum Gasteiger partial charge on any atom is -0.395 e. The maximum atomic E-state index is 14.6. The molecule has 1 aliphatic heterocycles. The van der Waals surface area contributed by atoms with Crippen LogP contribution < -0.4 is 16.4 Å². The Morgan fingerprint density at radius 1 is 1.24 bits per heavy atom. The van der Waals surface area contributed by atoms with Crippen molar-refractivity contribution in [3.8, 4) is 0 Å². The lowest BCUT2D eigenvalue weighted by molar-refractivity contribution is -0.117. The zero-order valence-electron chi connectivity index (χ0n) is 18.5. The normalized spacial score (nSPS) is 20.3. The van der Waals surface area contributed by atoms with Gasteiger partial charge in [-0.1, -0.05) is 19.1 Å². The van der Waals surface area contributed by atoms with Crippen LogP contribution in [0, 0.1) is 17.5 Å². The molecule has 9 heteroatoms. The molecular weight excluding hydrogens is 435 g/mol. The van der Waals surface area contributed by atoms with Gasteiger partial charge in [-0.25, -0.2) is 13.2 Å². The van der Waals surface area contributed by atoms with Crippen molar-refractivity contribution in [2.45, 2.75) is 50.3 Å². The average molecular weight is 466 g/mol. The molecule has 5 N–H and O–H groups in total. The van der Waals surface area contributed by atoms with E-state index in [1.807, 2.05) is 0 Å². The number of hydrogen-bond acceptors (Lipinski definition) is 5. The van der Waals surface area contributed by atoms with E-state index in [1.54, 1.807) is 13.0 Å². The van der Waals surface area contributed by atoms with Crippen molar-refractivity contribution in [3.05, 3.63) is 65.0 Å². The summed E-state index contributed by atoms with van der Waals surface area (Å²) >= 11 is 0. The van der Waals surface area contributed by atoms with Gasteiger partial charge >= 0.3 is 0 Å². The number of nitrogens with two attached hydrogens (primary N) is 1. The Bertz CT molecular complexity index is 952. The molecule has 2 aromatic carbocycles. The number of carbonyl (C=O) groups excluding carboxylic acids is 1. The first kappa shape index (κ1) is 25.2. The summed E-state index contributed by atoms with van der Waals surface area (Å²) in [6.07, 6.45) is 1.13. The Morgan fingerprint density at radius 2 is 2.03 bits per heavy atom. The lowest BCUT2D eigenvalue weighted by Gasteiger charge is -2.29. The van der Waals surface area contributed by atoms with Crippen molar-refractivity contribution in [3.63, 3.8) is 0 Å². The molecule has 6 nitrogen and oxygen atoms in total. The maximum Gasteiger partial charge on any atom is 0.241 e. The topological polar surface area (TPSA) is 96.6 Å². The maximum absolute atomic E-state index is 14.6. The third kappa shape index (κ3) is 6.32. The van der Waals surface area contributed by atoms with E-state index >= 15 is 0 Å². The van der Waals surface area contributed by atoms with Crippen LogP contribution in [0.25, 0.3) is 0 Å². The minimum absolute atomic E-state index is 0.0141. The standard InChI is InChI=1S/C24H30F3N3O3/c1-2-17(14-6-9-20(26)21(27)10-14)23(28)24(32)30-22-5-3-4-19(25)18(22)8-7-16-11-29-15(12-31)13-33-16/h3-6,9-10,15-17,23,29,31H,2,7-8,11-13,28H2,1H3,(H,30,32). The van der Waals surface area contributed by atoms with Crippen molar-refractivity contribution in [1.29, 1.82) is 0 Å². The molecule has 1 amide bonds. The summed E-state index contributed by atoms with van der Waals surface area (Å²) in [5.74, 6) is -3.51. The Balaban J connectivity index is 1.68. The Labute approximate surface area is 191 Å². The fourth-order valence-electron chi connectivity index (χ4n) is 4.04. The predicted octanol–water partition coefficient (Wildman–Crippen LogP) is 2.85. The quantitative estimate of drug-likeness (QED) is 0.457. The van der Waals surface area contributed by atoms with Crippen LogP contribution in [-0.4, -0.2) is 49.0 Å².